The SMILES string of the molecule is CO[Si](CN1CCCCC1)(OC)OC. The highest BCUT2D eigenvalue weighted by atomic mass is 28.4. The molecule has 1 saturated heterocycles. The lowest BCUT2D eigenvalue weighted by Crippen LogP contribution is -2.54. The van der Waals surface area contributed by atoms with Gasteiger partial charge in [0.1, 0.15) is 0 Å². The van der Waals surface area contributed by atoms with Gasteiger partial charge < -0.3 is 13.3 Å². The lowest BCUT2D eigenvalue weighted by Gasteiger charge is -2.33. The highest BCUT2D eigenvalue weighted by Crippen LogP contribution is 2.14. The summed E-state index contributed by atoms with van der Waals surface area (Å²) in [5.74, 6) is 0. The average molecular weight is 219 g/mol. The molecule has 1 aliphatic heterocycles. The van der Waals surface area contributed by atoms with Gasteiger partial charge in [-0.1, -0.05) is 6.42 Å². The Morgan fingerprint density at radius 3 is 1.86 bits per heavy atom. The molecule has 0 aliphatic carbocycles. The molecule has 1 rings (SSSR count). The zero-order valence-electron chi connectivity index (χ0n) is 9.41. The number of hydrogen-bond donors (Lipinski definition) is 0. The molecular formula is C9H21NO3Si. The lowest BCUT2D eigenvalue weighted by molar-refractivity contribution is 0.0980. The minimum Gasteiger partial charge on any atom is -0.376 e. The molecule has 0 radical (unpaired) electrons. The fourth-order valence-electron chi connectivity index (χ4n) is 1.84. The zero-order chi connectivity index (χ0) is 10.4. The zero-order valence-corrected chi connectivity index (χ0v) is 10.4. The first kappa shape index (κ1) is 12.1. The molecule has 0 N–H and O–H groups in total. The summed E-state index contributed by atoms with van der Waals surface area (Å²) in [5.41, 5.74) is 0. The molecule has 1 heterocycles. The van der Waals surface area contributed by atoms with Crippen molar-refractivity contribution in [2.24, 2.45) is 0 Å². The number of likely N-dealkylation sites (tertiary alicyclic amines) is 1. The topological polar surface area (TPSA) is 30.9 Å². The summed E-state index contributed by atoms with van der Waals surface area (Å²) in [6, 6.07) is 0. The van der Waals surface area contributed by atoms with Crippen molar-refractivity contribution in [3.63, 3.8) is 0 Å². The van der Waals surface area contributed by atoms with Gasteiger partial charge in [-0.2, -0.15) is 0 Å². The van der Waals surface area contributed by atoms with E-state index in [0.29, 0.717) is 0 Å². The van der Waals surface area contributed by atoms with Crippen LogP contribution < -0.4 is 0 Å². The lowest BCUT2D eigenvalue weighted by atomic mass is 10.1. The summed E-state index contributed by atoms with van der Waals surface area (Å²) in [6.45, 7) is 2.29. The van der Waals surface area contributed by atoms with Crippen molar-refractivity contribution in [3.05, 3.63) is 0 Å². The van der Waals surface area contributed by atoms with Crippen LogP contribution in [0.1, 0.15) is 19.3 Å². The van der Waals surface area contributed by atoms with Crippen LogP contribution in [-0.4, -0.2) is 54.3 Å². The summed E-state index contributed by atoms with van der Waals surface area (Å²) in [7, 11) is 2.63. The van der Waals surface area contributed by atoms with Gasteiger partial charge in [0.2, 0.25) is 0 Å². The average Bonchev–Trinajstić information content (AvgIpc) is 2.28. The Balaban J connectivity index is 2.44. The van der Waals surface area contributed by atoms with Crippen molar-refractivity contribution >= 4 is 8.80 Å². The molecule has 84 valence electrons. The van der Waals surface area contributed by atoms with E-state index in [9.17, 15) is 0 Å². The van der Waals surface area contributed by atoms with Gasteiger partial charge in [0.05, 0.1) is 6.17 Å². The Morgan fingerprint density at radius 2 is 1.43 bits per heavy atom. The van der Waals surface area contributed by atoms with Crippen molar-refractivity contribution in [1.82, 2.24) is 4.90 Å². The van der Waals surface area contributed by atoms with Gasteiger partial charge in [-0.05, 0) is 25.9 Å². The van der Waals surface area contributed by atoms with Gasteiger partial charge in [-0.3, -0.25) is 4.90 Å². The van der Waals surface area contributed by atoms with Crippen LogP contribution in [0.3, 0.4) is 0 Å². The Morgan fingerprint density at radius 1 is 0.929 bits per heavy atom. The maximum Gasteiger partial charge on any atom is 0.514 e. The molecule has 1 fully saturated rings. The Kier molecular flexibility index (Phi) is 5.04. The third-order valence-corrected chi connectivity index (χ3v) is 5.50. The molecule has 0 aromatic rings. The normalized spacial score (nSPS) is 19.9. The summed E-state index contributed by atoms with van der Waals surface area (Å²) in [4.78, 5) is 2.38. The second-order valence-corrected chi connectivity index (χ2v) is 6.54. The molecule has 0 saturated carbocycles. The maximum atomic E-state index is 5.39. The standard InChI is InChI=1S/C9H21NO3Si/c1-11-14(12-2,13-3)9-10-7-5-4-6-8-10/h4-9H2,1-3H3. The molecule has 0 aromatic carbocycles. The van der Waals surface area contributed by atoms with E-state index in [2.05, 4.69) is 4.90 Å². The van der Waals surface area contributed by atoms with Gasteiger partial charge in [0.25, 0.3) is 0 Å². The molecular weight excluding hydrogens is 198 g/mol. The van der Waals surface area contributed by atoms with Gasteiger partial charge >= 0.3 is 8.80 Å². The van der Waals surface area contributed by atoms with Crippen LogP contribution in [0.4, 0.5) is 0 Å². The van der Waals surface area contributed by atoms with Crippen LogP contribution in [0.2, 0.25) is 0 Å². The molecule has 14 heavy (non-hydrogen) atoms. The quantitative estimate of drug-likeness (QED) is 0.643. The van der Waals surface area contributed by atoms with E-state index >= 15 is 0 Å². The Labute approximate surface area is 87.5 Å². The summed E-state index contributed by atoms with van der Waals surface area (Å²) < 4.78 is 16.2. The third kappa shape index (κ3) is 3.03. The molecule has 0 bridgehead atoms. The highest BCUT2D eigenvalue weighted by molar-refractivity contribution is 6.60. The van der Waals surface area contributed by atoms with Crippen LogP contribution in [0.25, 0.3) is 0 Å². The van der Waals surface area contributed by atoms with Gasteiger partial charge in [0.15, 0.2) is 0 Å². The van der Waals surface area contributed by atoms with Gasteiger partial charge in [-0.25, -0.2) is 0 Å². The van der Waals surface area contributed by atoms with Crippen molar-refractivity contribution in [1.29, 1.82) is 0 Å². The highest BCUT2D eigenvalue weighted by Gasteiger charge is 2.40. The fraction of sp³-hybridized carbons (Fsp3) is 1.00. The number of hydrogen-bond acceptors (Lipinski definition) is 4. The monoisotopic (exact) mass is 219 g/mol. The van der Waals surface area contributed by atoms with Crippen molar-refractivity contribution in [2.45, 2.75) is 19.3 Å². The minimum atomic E-state index is -2.38. The largest absolute Gasteiger partial charge is 0.514 e. The summed E-state index contributed by atoms with van der Waals surface area (Å²) in [5, 5.41) is 0. The van der Waals surface area contributed by atoms with E-state index in [-0.39, 0.29) is 0 Å². The van der Waals surface area contributed by atoms with E-state index in [1.54, 1.807) is 21.3 Å². The van der Waals surface area contributed by atoms with E-state index in [1.807, 2.05) is 0 Å². The maximum absolute atomic E-state index is 5.39. The van der Waals surface area contributed by atoms with Crippen molar-refractivity contribution in [3.8, 4) is 0 Å². The first-order valence-electron chi connectivity index (χ1n) is 5.14. The first-order chi connectivity index (χ1) is 6.76. The number of piperidine rings is 1. The predicted octanol–water partition coefficient (Wildman–Crippen LogP) is 0.890. The Hall–Kier alpha value is 0.0569. The predicted molar refractivity (Wildman–Crippen MR) is 57.1 cm³/mol. The third-order valence-electron chi connectivity index (χ3n) is 2.80. The van der Waals surface area contributed by atoms with E-state index in [0.717, 1.165) is 19.3 Å². The number of rotatable bonds is 5. The first-order valence-corrected chi connectivity index (χ1v) is 7.07. The molecule has 0 amide bonds. The van der Waals surface area contributed by atoms with Crippen LogP contribution in [0.5, 0.6) is 0 Å². The number of nitrogens with zero attached hydrogens (tertiary/aromatic N) is 1. The van der Waals surface area contributed by atoms with Gasteiger partial charge in [0, 0.05) is 21.3 Å². The Bertz CT molecular complexity index is 150. The molecule has 5 heteroatoms. The summed E-state index contributed by atoms with van der Waals surface area (Å²) >= 11 is 0. The molecule has 4 nitrogen and oxygen atoms in total. The van der Waals surface area contributed by atoms with Crippen molar-refractivity contribution < 1.29 is 13.3 Å². The molecule has 0 atom stereocenters. The van der Waals surface area contributed by atoms with E-state index in [4.69, 9.17) is 13.3 Å². The molecule has 0 aromatic heterocycles. The van der Waals surface area contributed by atoms with E-state index < -0.39 is 8.80 Å². The van der Waals surface area contributed by atoms with Crippen LogP contribution in [-0.2, 0) is 13.3 Å². The smallest absolute Gasteiger partial charge is 0.376 e. The van der Waals surface area contributed by atoms with E-state index in [1.165, 1.54) is 19.3 Å². The van der Waals surface area contributed by atoms with Crippen LogP contribution in [0.15, 0.2) is 0 Å². The second kappa shape index (κ2) is 5.82. The summed E-state index contributed by atoms with van der Waals surface area (Å²) in [6.07, 6.45) is 4.72. The molecule has 0 spiro atoms. The van der Waals surface area contributed by atoms with Crippen LogP contribution >= 0.6 is 0 Å². The second-order valence-electron chi connectivity index (χ2n) is 3.63. The molecule has 1 aliphatic rings. The minimum absolute atomic E-state index is 0.816. The fourth-order valence-corrected chi connectivity index (χ4v) is 3.59. The van der Waals surface area contributed by atoms with Crippen molar-refractivity contribution in [2.75, 3.05) is 40.6 Å². The van der Waals surface area contributed by atoms with Gasteiger partial charge in [-0.15, -0.1) is 0 Å². The van der Waals surface area contributed by atoms with Crippen LogP contribution in [0, 0.1) is 0 Å². The molecule has 0 unspecified atom stereocenters.